The third-order valence-corrected chi connectivity index (χ3v) is 5.14. The van der Waals surface area contributed by atoms with Gasteiger partial charge in [-0.3, -0.25) is 4.79 Å². The maximum atomic E-state index is 12.7. The highest BCUT2D eigenvalue weighted by molar-refractivity contribution is 7.99. The van der Waals surface area contributed by atoms with Crippen LogP contribution in [0.1, 0.15) is 40.9 Å². The Morgan fingerprint density at radius 3 is 2.92 bits per heavy atom. The zero-order chi connectivity index (χ0) is 17.4. The molecule has 0 radical (unpaired) electrons. The molecule has 0 N–H and O–H groups in total. The first kappa shape index (κ1) is 16.1. The van der Waals surface area contributed by atoms with Crippen LogP contribution in [0, 0.1) is 0 Å². The van der Waals surface area contributed by atoms with Crippen molar-refractivity contribution in [3.05, 3.63) is 47.3 Å². The van der Waals surface area contributed by atoms with Crippen LogP contribution in [-0.2, 0) is 6.42 Å². The summed E-state index contributed by atoms with van der Waals surface area (Å²) in [6.07, 6.45) is 2.91. The lowest BCUT2D eigenvalue weighted by Crippen LogP contribution is -2.21. The van der Waals surface area contributed by atoms with Gasteiger partial charge in [-0.1, -0.05) is 36.9 Å². The van der Waals surface area contributed by atoms with E-state index < -0.39 is 0 Å². The van der Waals surface area contributed by atoms with Crippen molar-refractivity contribution in [1.29, 1.82) is 0 Å². The Labute approximate surface area is 149 Å². The van der Waals surface area contributed by atoms with Crippen LogP contribution < -0.4 is 4.74 Å². The second-order valence-corrected chi connectivity index (χ2v) is 7.17. The normalized spacial score (nSPS) is 16.9. The molecular weight excluding hydrogens is 336 g/mol. The van der Waals surface area contributed by atoms with Crippen LogP contribution in [0.25, 0.3) is 5.78 Å². The van der Waals surface area contributed by atoms with Crippen LogP contribution in [0.15, 0.2) is 35.6 Å². The number of hydrogen-bond donors (Lipinski definition) is 0. The number of Topliss-reactive ketones (excluding diaryl/α,β-unsaturated/α-hetero) is 1. The van der Waals surface area contributed by atoms with Crippen LogP contribution >= 0.6 is 11.8 Å². The summed E-state index contributed by atoms with van der Waals surface area (Å²) < 4.78 is 7.07. The van der Waals surface area contributed by atoms with E-state index in [0.717, 1.165) is 22.8 Å². The molecule has 0 fully saturated rings. The van der Waals surface area contributed by atoms with Crippen LogP contribution in [0.2, 0.25) is 0 Å². The van der Waals surface area contributed by atoms with Crippen molar-refractivity contribution < 1.29 is 9.53 Å². The fraction of sp³-hybridized carbons (Fsp3) is 0.333. The van der Waals surface area contributed by atoms with Gasteiger partial charge in [0.1, 0.15) is 5.75 Å². The molecule has 0 saturated heterocycles. The molecule has 1 atom stereocenters. The number of ether oxygens (including phenoxy) is 1. The third kappa shape index (κ3) is 2.89. The molecule has 0 saturated carbocycles. The molecular formula is C18H18N4O2S. The van der Waals surface area contributed by atoms with Gasteiger partial charge in [0, 0.05) is 18.5 Å². The van der Waals surface area contributed by atoms with Gasteiger partial charge in [0.05, 0.1) is 18.4 Å². The highest BCUT2D eigenvalue weighted by Gasteiger charge is 2.30. The highest BCUT2D eigenvalue weighted by atomic mass is 32.2. The number of para-hydroxylation sites is 1. The summed E-state index contributed by atoms with van der Waals surface area (Å²) in [5.74, 6) is 2.41. The number of aromatic nitrogens is 4. The van der Waals surface area contributed by atoms with Gasteiger partial charge in [-0.25, -0.2) is 9.50 Å². The lowest BCUT2D eigenvalue weighted by Gasteiger charge is -2.24. The van der Waals surface area contributed by atoms with Gasteiger partial charge in [0.2, 0.25) is 5.16 Å². The van der Waals surface area contributed by atoms with E-state index in [0.29, 0.717) is 29.3 Å². The van der Waals surface area contributed by atoms with Gasteiger partial charge in [-0.05, 0) is 23.8 Å². The van der Waals surface area contributed by atoms with Crippen LogP contribution in [0.5, 0.6) is 5.75 Å². The second-order valence-electron chi connectivity index (χ2n) is 5.94. The molecule has 128 valence electrons. The largest absolute Gasteiger partial charge is 0.496 e. The minimum absolute atomic E-state index is 0.0681. The van der Waals surface area contributed by atoms with E-state index in [1.165, 1.54) is 0 Å². The Bertz CT molecular complexity index is 953. The van der Waals surface area contributed by atoms with E-state index in [-0.39, 0.29) is 11.7 Å². The van der Waals surface area contributed by atoms with Gasteiger partial charge in [-0.2, -0.15) is 4.98 Å². The second kappa shape index (κ2) is 6.48. The average Bonchev–Trinajstić information content (AvgIpc) is 3.01. The molecule has 25 heavy (non-hydrogen) atoms. The van der Waals surface area contributed by atoms with Gasteiger partial charge >= 0.3 is 0 Å². The summed E-state index contributed by atoms with van der Waals surface area (Å²) in [6, 6.07) is 7.86. The fourth-order valence-electron chi connectivity index (χ4n) is 3.28. The molecule has 0 aliphatic heterocycles. The first-order valence-electron chi connectivity index (χ1n) is 8.24. The molecule has 6 nitrogen and oxygen atoms in total. The van der Waals surface area contributed by atoms with E-state index in [2.05, 4.69) is 22.0 Å². The number of methoxy groups -OCH3 is 1. The number of fused-ring (bicyclic) bond motifs is 2. The Hall–Kier alpha value is -2.41. The maximum Gasteiger partial charge on any atom is 0.253 e. The van der Waals surface area contributed by atoms with Crippen molar-refractivity contribution in [1.82, 2.24) is 19.6 Å². The highest BCUT2D eigenvalue weighted by Crippen LogP contribution is 2.36. The fourth-order valence-corrected chi connectivity index (χ4v) is 3.83. The van der Waals surface area contributed by atoms with Gasteiger partial charge in [0.15, 0.2) is 5.78 Å². The van der Waals surface area contributed by atoms with E-state index in [1.54, 1.807) is 29.6 Å². The van der Waals surface area contributed by atoms with Gasteiger partial charge in [-0.15, -0.1) is 5.10 Å². The average molecular weight is 354 g/mol. The Kier molecular flexibility index (Phi) is 4.17. The Morgan fingerprint density at radius 1 is 1.28 bits per heavy atom. The maximum absolute atomic E-state index is 12.7. The minimum Gasteiger partial charge on any atom is -0.496 e. The molecule has 0 spiro atoms. The molecule has 7 heteroatoms. The number of thioether (sulfide) groups is 1. The lowest BCUT2D eigenvalue weighted by atomic mass is 9.82. The van der Waals surface area contributed by atoms with Gasteiger partial charge in [0.25, 0.3) is 5.78 Å². The van der Waals surface area contributed by atoms with E-state index in [9.17, 15) is 4.79 Å². The van der Waals surface area contributed by atoms with E-state index >= 15 is 0 Å². The van der Waals surface area contributed by atoms with Crippen molar-refractivity contribution in [2.75, 3.05) is 12.9 Å². The molecule has 1 aromatic carbocycles. The van der Waals surface area contributed by atoms with Crippen molar-refractivity contribution in [3.63, 3.8) is 0 Å². The number of carbonyl (C=O) groups excluding carboxylic acids is 1. The van der Waals surface area contributed by atoms with Gasteiger partial charge < -0.3 is 4.74 Å². The molecule has 0 amide bonds. The van der Waals surface area contributed by atoms with E-state index in [4.69, 9.17) is 4.74 Å². The molecule has 0 unspecified atom stereocenters. The summed E-state index contributed by atoms with van der Waals surface area (Å²) in [5, 5.41) is 5.07. The number of carbonyl (C=O) groups is 1. The summed E-state index contributed by atoms with van der Waals surface area (Å²) in [5.41, 5.74) is 2.49. The molecule has 4 rings (SSSR count). The molecule has 2 heterocycles. The Balaban J connectivity index is 1.74. The monoisotopic (exact) mass is 354 g/mol. The zero-order valence-corrected chi connectivity index (χ0v) is 14.9. The zero-order valence-electron chi connectivity index (χ0n) is 14.1. The summed E-state index contributed by atoms with van der Waals surface area (Å²) in [4.78, 5) is 21.7. The van der Waals surface area contributed by atoms with Crippen LogP contribution in [0.3, 0.4) is 0 Å². The van der Waals surface area contributed by atoms with Crippen molar-refractivity contribution >= 4 is 23.3 Å². The van der Waals surface area contributed by atoms with Crippen LogP contribution in [0.4, 0.5) is 0 Å². The number of benzene rings is 1. The smallest absolute Gasteiger partial charge is 0.253 e. The summed E-state index contributed by atoms with van der Waals surface area (Å²) in [6.45, 7) is 2.05. The number of rotatable bonds is 4. The molecule has 0 bridgehead atoms. The quantitative estimate of drug-likeness (QED) is 0.670. The summed E-state index contributed by atoms with van der Waals surface area (Å²) >= 11 is 1.56. The van der Waals surface area contributed by atoms with Crippen molar-refractivity contribution in [3.8, 4) is 5.75 Å². The van der Waals surface area contributed by atoms with E-state index in [1.807, 2.05) is 24.3 Å². The molecule has 1 aliphatic carbocycles. The first-order valence-corrected chi connectivity index (χ1v) is 9.23. The standard InChI is InChI=1S/C18H18N4O2S/c1-3-25-18-20-17-19-14-8-11(12-6-4-5-7-16(12)24-2)9-15(23)13(14)10-22(17)21-18/h4-7,10-11H,3,8-9H2,1-2H3/t11-/m1/s1. The molecule has 3 aromatic rings. The lowest BCUT2D eigenvalue weighted by molar-refractivity contribution is 0.0962. The number of ketones is 1. The predicted molar refractivity (Wildman–Crippen MR) is 95.6 cm³/mol. The minimum atomic E-state index is 0.0681. The predicted octanol–water partition coefficient (Wildman–Crippen LogP) is 3.16. The molecule has 1 aliphatic rings. The molecule has 2 aromatic heterocycles. The Morgan fingerprint density at radius 2 is 2.12 bits per heavy atom. The third-order valence-electron chi connectivity index (χ3n) is 4.42. The van der Waals surface area contributed by atoms with Crippen LogP contribution in [-0.4, -0.2) is 38.2 Å². The SMILES string of the molecule is CCSc1nc2nc3c(cn2n1)C(=O)C[C@H](c1ccccc1OC)C3. The first-order chi connectivity index (χ1) is 12.2. The van der Waals surface area contributed by atoms with Crippen molar-refractivity contribution in [2.45, 2.75) is 30.8 Å². The number of nitrogens with zero attached hydrogens (tertiary/aromatic N) is 4. The summed E-state index contributed by atoms with van der Waals surface area (Å²) in [7, 11) is 1.66. The van der Waals surface area contributed by atoms with Crippen molar-refractivity contribution in [2.24, 2.45) is 0 Å². The topological polar surface area (TPSA) is 69.4 Å². The number of hydrogen-bond acceptors (Lipinski definition) is 6.